The lowest BCUT2D eigenvalue weighted by Crippen LogP contribution is -1.97. The Labute approximate surface area is 116 Å². The SMILES string of the molecule is N#Cc1ccc2c(ccn2Cc2ccc(C=O)cc2)c1. The minimum Gasteiger partial charge on any atom is -0.343 e. The Kier molecular flexibility index (Phi) is 3.06. The first-order valence-electron chi connectivity index (χ1n) is 6.33. The molecule has 0 radical (unpaired) electrons. The molecule has 3 rings (SSSR count). The van der Waals surface area contributed by atoms with E-state index >= 15 is 0 Å². The molecule has 0 saturated heterocycles. The van der Waals surface area contributed by atoms with Crippen molar-refractivity contribution in [2.24, 2.45) is 0 Å². The zero-order valence-electron chi connectivity index (χ0n) is 10.8. The van der Waals surface area contributed by atoms with E-state index in [4.69, 9.17) is 5.26 Å². The van der Waals surface area contributed by atoms with Gasteiger partial charge in [0.25, 0.3) is 0 Å². The first-order chi connectivity index (χ1) is 9.80. The van der Waals surface area contributed by atoms with Crippen molar-refractivity contribution in [2.45, 2.75) is 6.54 Å². The Morgan fingerprint density at radius 2 is 1.90 bits per heavy atom. The van der Waals surface area contributed by atoms with Crippen molar-refractivity contribution in [3.63, 3.8) is 0 Å². The molecular weight excluding hydrogens is 248 g/mol. The van der Waals surface area contributed by atoms with Crippen LogP contribution in [0.4, 0.5) is 0 Å². The molecule has 0 saturated carbocycles. The quantitative estimate of drug-likeness (QED) is 0.678. The summed E-state index contributed by atoms with van der Waals surface area (Å²) in [6.45, 7) is 0.745. The normalized spacial score (nSPS) is 10.3. The molecule has 0 aliphatic carbocycles. The number of benzene rings is 2. The molecule has 0 fully saturated rings. The van der Waals surface area contributed by atoms with Gasteiger partial charge in [0.05, 0.1) is 11.6 Å². The molecular formula is C17H12N2O. The second kappa shape index (κ2) is 5.02. The predicted octanol–water partition coefficient (Wildman–Crippen LogP) is 3.37. The number of carbonyl (C=O) groups excluding carboxylic acids is 1. The van der Waals surface area contributed by atoms with Crippen LogP contribution in [-0.2, 0) is 6.54 Å². The van der Waals surface area contributed by atoms with Crippen LogP contribution in [-0.4, -0.2) is 10.9 Å². The third-order valence-electron chi connectivity index (χ3n) is 3.37. The van der Waals surface area contributed by atoms with Gasteiger partial charge in [0, 0.05) is 29.2 Å². The van der Waals surface area contributed by atoms with E-state index in [1.165, 1.54) is 0 Å². The number of fused-ring (bicyclic) bond motifs is 1. The van der Waals surface area contributed by atoms with Crippen LogP contribution in [0.15, 0.2) is 54.7 Å². The van der Waals surface area contributed by atoms with Crippen LogP contribution >= 0.6 is 0 Å². The van der Waals surface area contributed by atoms with Gasteiger partial charge >= 0.3 is 0 Å². The summed E-state index contributed by atoms with van der Waals surface area (Å²) in [6, 6.07) is 17.4. The Morgan fingerprint density at radius 3 is 2.60 bits per heavy atom. The number of aromatic nitrogens is 1. The summed E-state index contributed by atoms with van der Waals surface area (Å²) >= 11 is 0. The van der Waals surface area contributed by atoms with Crippen LogP contribution in [0.3, 0.4) is 0 Å². The second-order valence-corrected chi connectivity index (χ2v) is 4.69. The summed E-state index contributed by atoms with van der Waals surface area (Å²) in [7, 11) is 0. The van der Waals surface area contributed by atoms with Crippen LogP contribution in [0.25, 0.3) is 10.9 Å². The number of carbonyl (C=O) groups is 1. The fraction of sp³-hybridized carbons (Fsp3) is 0.0588. The molecule has 1 heterocycles. The number of nitriles is 1. The van der Waals surface area contributed by atoms with Crippen molar-refractivity contribution >= 4 is 17.2 Å². The highest BCUT2D eigenvalue weighted by atomic mass is 16.1. The molecule has 0 unspecified atom stereocenters. The minimum atomic E-state index is 0.672. The molecule has 0 aliphatic heterocycles. The maximum absolute atomic E-state index is 10.6. The summed E-state index contributed by atoms with van der Waals surface area (Å²) in [5.74, 6) is 0. The lowest BCUT2D eigenvalue weighted by Gasteiger charge is -2.06. The number of hydrogen-bond acceptors (Lipinski definition) is 2. The Hall–Kier alpha value is -2.86. The van der Waals surface area contributed by atoms with E-state index in [1.54, 1.807) is 0 Å². The van der Waals surface area contributed by atoms with Crippen LogP contribution < -0.4 is 0 Å². The largest absolute Gasteiger partial charge is 0.343 e. The van der Waals surface area contributed by atoms with Gasteiger partial charge in [-0.2, -0.15) is 5.26 Å². The smallest absolute Gasteiger partial charge is 0.150 e. The maximum atomic E-state index is 10.6. The zero-order valence-corrected chi connectivity index (χ0v) is 10.8. The van der Waals surface area contributed by atoms with Crippen molar-refractivity contribution in [3.8, 4) is 6.07 Å². The average Bonchev–Trinajstić information content (AvgIpc) is 2.90. The Balaban J connectivity index is 1.94. The summed E-state index contributed by atoms with van der Waals surface area (Å²) < 4.78 is 2.13. The molecule has 96 valence electrons. The first kappa shape index (κ1) is 12.2. The van der Waals surface area contributed by atoms with Crippen LogP contribution in [0.5, 0.6) is 0 Å². The van der Waals surface area contributed by atoms with Gasteiger partial charge < -0.3 is 4.57 Å². The van der Waals surface area contributed by atoms with E-state index in [-0.39, 0.29) is 0 Å². The van der Waals surface area contributed by atoms with Gasteiger partial charge in [-0.25, -0.2) is 0 Å². The fourth-order valence-electron chi connectivity index (χ4n) is 2.31. The van der Waals surface area contributed by atoms with Gasteiger partial charge in [0.15, 0.2) is 0 Å². The third-order valence-corrected chi connectivity index (χ3v) is 3.37. The molecule has 0 spiro atoms. The van der Waals surface area contributed by atoms with Gasteiger partial charge in [-0.3, -0.25) is 4.79 Å². The third kappa shape index (κ3) is 2.19. The highest BCUT2D eigenvalue weighted by Gasteiger charge is 2.03. The maximum Gasteiger partial charge on any atom is 0.150 e. The topological polar surface area (TPSA) is 45.8 Å². The second-order valence-electron chi connectivity index (χ2n) is 4.69. The molecule has 3 nitrogen and oxygen atoms in total. The molecule has 0 aliphatic rings. The minimum absolute atomic E-state index is 0.672. The van der Waals surface area contributed by atoms with Crippen molar-refractivity contribution < 1.29 is 4.79 Å². The van der Waals surface area contributed by atoms with Gasteiger partial charge in [-0.1, -0.05) is 24.3 Å². The molecule has 1 aromatic heterocycles. The van der Waals surface area contributed by atoms with Crippen LogP contribution in [0, 0.1) is 11.3 Å². The molecule has 0 amide bonds. The first-order valence-corrected chi connectivity index (χ1v) is 6.33. The van der Waals surface area contributed by atoms with Crippen molar-refractivity contribution in [1.82, 2.24) is 4.57 Å². The monoisotopic (exact) mass is 260 g/mol. The molecule has 20 heavy (non-hydrogen) atoms. The van der Waals surface area contributed by atoms with E-state index in [0.717, 1.165) is 29.3 Å². The predicted molar refractivity (Wildman–Crippen MR) is 77.6 cm³/mol. The van der Waals surface area contributed by atoms with Gasteiger partial charge in [0.1, 0.15) is 6.29 Å². The van der Waals surface area contributed by atoms with Crippen molar-refractivity contribution in [3.05, 3.63) is 71.4 Å². The molecule has 0 atom stereocenters. The molecule has 0 N–H and O–H groups in total. The van der Waals surface area contributed by atoms with Crippen LogP contribution in [0.1, 0.15) is 21.5 Å². The van der Waals surface area contributed by atoms with Crippen molar-refractivity contribution in [1.29, 1.82) is 5.26 Å². The van der Waals surface area contributed by atoms with E-state index < -0.39 is 0 Å². The van der Waals surface area contributed by atoms with Gasteiger partial charge in [0.2, 0.25) is 0 Å². The molecule has 3 aromatic rings. The van der Waals surface area contributed by atoms with Crippen LogP contribution in [0.2, 0.25) is 0 Å². The summed E-state index contributed by atoms with van der Waals surface area (Å²) in [6.07, 6.45) is 2.86. The summed E-state index contributed by atoms with van der Waals surface area (Å²) in [4.78, 5) is 10.6. The standard InChI is InChI=1S/C17H12N2O/c18-10-15-5-6-17-16(9-15)7-8-19(17)11-13-1-3-14(12-20)4-2-13/h1-9,12H,11H2. The number of hydrogen-bond donors (Lipinski definition) is 0. The Morgan fingerprint density at radius 1 is 1.10 bits per heavy atom. The van der Waals surface area contributed by atoms with E-state index in [1.807, 2.05) is 54.7 Å². The molecule has 3 heteroatoms. The van der Waals surface area contributed by atoms with E-state index in [0.29, 0.717) is 11.1 Å². The lowest BCUT2D eigenvalue weighted by atomic mass is 10.1. The average molecular weight is 260 g/mol. The summed E-state index contributed by atoms with van der Waals surface area (Å²) in [5.41, 5.74) is 3.59. The fourth-order valence-corrected chi connectivity index (χ4v) is 2.31. The van der Waals surface area contributed by atoms with E-state index in [2.05, 4.69) is 10.6 Å². The highest BCUT2D eigenvalue weighted by Crippen LogP contribution is 2.19. The lowest BCUT2D eigenvalue weighted by molar-refractivity contribution is 0.112. The number of rotatable bonds is 3. The highest BCUT2D eigenvalue weighted by molar-refractivity contribution is 5.81. The van der Waals surface area contributed by atoms with Crippen molar-refractivity contribution in [2.75, 3.05) is 0 Å². The summed E-state index contributed by atoms with van der Waals surface area (Å²) in [5, 5.41) is 9.97. The number of aldehydes is 1. The molecule has 2 aromatic carbocycles. The Bertz CT molecular complexity index is 807. The molecule has 0 bridgehead atoms. The number of nitrogens with zero attached hydrogens (tertiary/aromatic N) is 2. The zero-order chi connectivity index (χ0) is 13.9. The van der Waals surface area contributed by atoms with Gasteiger partial charge in [-0.05, 0) is 29.8 Å². The van der Waals surface area contributed by atoms with Gasteiger partial charge in [-0.15, -0.1) is 0 Å². The van der Waals surface area contributed by atoms with E-state index in [9.17, 15) is 4.79 Å².